The minimum absolute atomic E-state index is 0.125. The summed E-state index contributed by atoms with van der Waals surface area (Å²) in [5.74, 6) is -0.399. The molecular weight excluding hydrogens is 518 g/mol. The molecule has 0 radical (unpaired) electrons. The van der Waals surface area contributed by atoms with Crippen molar-refractivity contribution in [3.63, 3.8) is 0 Å². The Morgan fingerprint density at radius 3 is 2.38 bits per heavy atom. The fourth-order valence-corrected chi connectivity index (χ4v) is 4.77. The topological polar surface area (TPSA) is 86.8 Å². The number of nitrogens with one attached hydrogen (secondary N) is 1. The van der Waals surface area contributed by atoms with Crippen molar-refractivity contribution < 1.29 is 18.0 Å². The molecule has 2 rings (SSSR count). The second-order valence-electron chi connectivity index (χ2n) is 8.39. The lowest BCUT2D eigenvalue weighted by atomic mass is 10.1. The van der Waals surface area contributed by atoms with E-state index in [1.807, 2.05) is 56.3 Å². The highest BCUT2D eigenvalue weighted by atomic mass is 79.9. The summed E-state index contributed by atoms with van der Waals surface area (Å²) in [6.45, 7) is 6.60. The van der Waals surface area contributed by atoms with Crippen LogP contribution in [0.2, 0.25) is 0 Å². The summed E-state index contributed by atoms with van der Waals surface area (Å²) in [5.41, 5.74) is 2.44. The van der Waals surface area contributed by atoms with Crippen LogP contribution in [0, 0.1) is 6.92 Å². The van der Waals surface area contributed by atoms with E-state index in [4.69, 9.17) is 0 Å². The Balaban J connectivity index is 2.14. The van der Waals surface area contributed by atoms with Crippen LogP contribution in [-0.4, -0.2) is 50.5 Å². The number of rotatable bonds is 12. The van der Waals surface area contributed by atoms with E-state index in [0.717, 1.165) is 28.3 Å². The van der Waals surface area contributed by atoms with Gasteiger partial charge in [-0.2, -0.15) is 0 Å². The van der Waals surface area contributed by atoms with Crippen LogP contribution in [0.25, 0.3) is 0 Å². The number of anilines is 1. The van der Waals surface area contributed by atoms with E-state index >= 15 is 0 Å². The average Bonchev–Trinajstić information content (AvgIpc) is 2.78. The van der Waals surface area contributed by atoms with Crippen molar-refractivity contribution in [2.24, 2.45) is 0 Å². The van der Waals surface area contributed by atoms with E-state index in [1.165, 1.54) is 4.31 Å². The van der Waals surface area contributed by atoms with E-state index in [1.54, 1.807) is 17.9 Å². The number of carbonyl (C=O) groups excluding carboxylic acids is 2. The van der Waals surface area contributed by atoms with Crippen LogP contribution in [0.4, 0.5) is 5.69 Å². The number of sulfonamides is 1. The number of halogens is 1. The molecule has 0 heterocycles. The molecule has 2 aromatic carbocycles. The molecule has 1 atom stereocenters. The third-order valence-electron chi connectivity index (χ3n) is 5.42. The Bertz CT molecular complexity index is 1070. The largest absolute Gasteiger partial charge is 0.354 e. The number of hydrogen-bond acceptors (Lipinski definition) is 4. The van der Waals surface area contributed by atoms with Crippen molar-refractivity contribution in [3.8, 4) is 0 Å². The number of carbonyl (C=O) groups is 2. The monoisotopic (exact) mass is 551 g/mol. The van der Waals surface area contributed by atoms with Crippen LogP contribution in [0.15, 0.2) is 53.0 Å². The van der Waals surface area contributed by atoms with Crippen molar-refractivity contribution in [1.29, 1.82) is 0 Å². The van der Waals surface area contributed by atoms with Crippen LogP contribution in [0.5, 0.6) is 0 Å². The molecule has 0 unspecified atom stereocenters. The first-order valence-corrected chi connectivity index (χ1v) is 14.0. The van der Waals surface area contributed by atoms with Crippen molar-refractivity contribution in [3.05, 3.63) is 64.1 Å². The third-order valence-corrected chi connectivity index (χ3v) is 7.15. The molecular formula is C25H34BrN3O4S. The molecule has 186 valence electrons. The van der Waals surface area contributed by atoms with Gasteiger partial charge < -0.3 is 10.2 Å². The SMILES string of the molecule is CCCNC(=O)[C@H](C)N(Cc1ccc(Br)cc1)C(=O)CCCN(c1cccc(C)c1)S(C)(=O)=O. The fraction of sp³-hybridized carbons (Fsp3) is 0.440. The second kappa shape index (κ2) is 12.9. The molecule has 0 aromatic heterocycles. The first kappa shape index (κ1) is 27.9. The number of amides is 2. The van der Waals surface area contributed by atoms with Gasteiger partial charge in [-0.25, -0.2) is 8.42 Å². The number of aryl methyl sites for hydroxylation is 1. The van der Waals surface area contributed by atoms with Crippen LogP contribution >= 0.6 is 15.9 Å². The normalized spacial score (nSPS) is 12.1. The summed E-state index contributed by atoms with van der Waals surface area (Å²) in [6.07, 6.45) is 2.43. The van der Waals surface area contributed by atoms with Crippen LogP contribution in [0.1, 0.15) is 44.2 Å². The summed E-state index contributed by atoms with van der Waals surface area (Å²) in [4.78, 5) is 27.4. The highest BCUT2D eigenvalue weighted by Crippen LogP contribution is 2.20. The standard InChI is InChI=1S/C25H34BrN3O4S/c1-5-15-27-25(31)20(3)28(18-21-11-13-22(26)14-12-21)24(30)10-7-16-29(34(4,32)33)23-9-6-8-19(2)17-23/h6,8-9,11-14,17,20H,5,7,10,15-16,18H2,1-4H3,(H,27,31)/t20-/m0/s1. The van der Waals surface area contributed by atoms with Crippen LogP contribution in [-0.2, 0) is 26.2 Å². The molecule has 9 heteroatoms. The third kappa shape index (κ3) is 8.43. The molecule has 0 fully saturated rings. The molecule has 1 N–H and O–H groups in total. The van der Waals surface area contributed by atoms with Crippen molar-refractivity contribution >= 4 is 43.5 Å². The zero-order chi connectivity index (χ0) is 25.3. The molecule has 0 saturated carbocycles. The van der Waals surface area contributed by atoms with Gasteiger partial charge >= 0.3 is 0 Å². The first-order chi connectivity index (χ1) is 16.0. The smallest absolute Gasteiger partial charge is 0.242 e. The summed E-state index contributed by atoms with van der Waals surface area (Å²) >= 11 is 3.41. The Kier molecular flexibility index (Phi) is 10.6. The van der Waals surface area contributed by atoms with Crippen LogP contribution in [0.3, 0.4) is 0 Å². The zero-order valence-corrected chi connectivity index (χ0v) is 22.7. The van der Waals surface area contributed by atoms with Gasteiger partial charge in [0.1, 0.15) is 6.04 Å². The summed E-state index contributed by atoms with van der Waals surface area (Å²) in [7, 11) is -3.51. The molecule has 0 aliphatic heterocycles. The fourth-order valence-electron chi connectivity index (χ4n) is 3.55. The Labute approximate surface area is 211 Å². The molecule has 7 nitrogen and oxygen atoms in total. The van der Waals surface area contributed by atoms with E-state index < -0.39 is 16.1 Å². The van der Waals surface area contributed by atoms with Gasteiger partial charge in [0.05, 0.1) is 11.9 Å². The van der Waals surface area contributed by atoms with E-state index in [0.29, 0.717) is 25.2 Å². The summed E-state index contributed by atoms with van der Waals surface area (Å²) in [5, 5.41) is 2.86. The zero-order valence-electron chi connectivity index (χ0n) is 20.3. The Morgan fingerprint density at radius 1 is 1.12 bits per heavy atom. The van der Waals surface area contributed by atoms with E-state index in [9.17, 15) is 18.0 Å². The highest BCUT2D eigenvalue weighted by Gasteiger charge is 2.26. The van der Waals surface area contributed by atoms with Crippen LogP contribution < -0.4 is 9.62 Å². The molecule has 0 aliphatic carbocycles. The molecule has 2 aromatic rings. The molecule has 2 amide bonds. The number of nitrogens with zero attached hydrogens (tertiary/aromatic N) is 2. The Morgan fingerprint density at radius 2 is 1.79 bits per heavy atom. The lowest BCUT2D eigenvalue weighted by Gasteiger charge is -2.29. The molecule has 0 aliphatic rings. The average molecular weight is 553 g/mol. The van der Waals surface area contributed by atoms with Crippen molar-refractivity contribution in [1.82, 2.24) is 10.2 Å². The maximum Gasteiger partial charge on any atom is 0.242 e. The number of benzene rings is 2. The van der Waals surface area contributed by atoms with Gasteiger partial charge in [0.15, 0.2) is 0 Å². The summed E-state index contributed by atoms with van der Waals surface area (Å²) < 4.78 is 27.0. The minimum Gasteiger partial charge on any atom is -0.354 e. The van der Waals surface area contributed by atoms with Crippen molar-refractivity contribution in [2.45, 2.75) is 52.6 Å². The van der Waals surface area contributed by atoms with Gasteiger partial charge in [-0.05, 0) is 62.1 Å². The van der Waals surface area contributed by atoms with Crippen molar-refractivity contribution in [2.75, 3.05) is 23.7 Å². The molecule has 0 saturated heterocycles. The van der Waals surface area contributed by atoms with E-state index in [-0.39, 0.29) is 24.8 Å². The molecule has 34 heavy (non-hydrogen) atoms. The lowest BCUT2D eigenvalue weighted by molar-refractivity contribution is -0.140. The predicted octanol–water partition coefficient (Wildman–Crippen LogP) is 4.25. The maximum absolute atomic E-state index is 13.2. The van der Waals surface area contributed by atoms with Gasteiger partial charge in [0, 0.05) is 30.5 Å². The second-order valence-corrected chi connectivity index (χ2v) is 11.2. The maximum atomic E-state index is 13.2. The summed E-state index contributed by atoms with van der Waals surface area (Å²) in [6, 6.07) is 14.2. The van der Waals surface area contributed by atoms with Gasteiger partial charge in [-0.3, -0.25) is 13.9 Å². The van der Waals surface area contributed by atoms with E-state index in [2.05, 4.69) is 21.2 Å². The Hall–Kier alpha value is -2.39. The number of hydrogen-bond donors (Lipinski definition) is 1. The lowest BCUT2D eigenvalue weighted by Crippen LogP contribution is -2.47. The van der Waals surface area contributed by atoms with Gasteiger partial charge in [0.2, 0.25) is 21.8 Å². The quantitative estimate of drug-likeness (QED) is 0.427. The predicted molar refractivity (Wildman–Crippen MR) is 140 cm³/mol. The van der Waals surface area contributed by atoms with Gasteiger partial charge in [0.25, 0.3) is 0 Å². The van der Waals surface area contributed by atoms with Gasteiger partial charge in [-0.1, -0.05) is 47.1 Å². The first-order valence-electron chi connectivity index (χ1n) is 11.4. The van der Waals surface area contributed by atoms with Gasteiger partial charge in [-0.15, -0.1) is 0 Å². The highest BCUT2D eigenvalue weighted by molar-refractivity contribution is 9.10. The molecule has 0 bridgehead atoms. The molecule has 0 spiro atoms. The minimum atomic E-state index is -3.51.